The normalized spacial score (nSPS) is 19.7. The molecule has 0 saturated carbocycles. The van der Waals surface area contributed by atoms with Crippen molar-refractivity contribution in [2.75, 3.05) is 7.11 Å². The van der Waals surface area contributed by atoms with Gasteiger partial charge in [0.15, 0.2) is 0 Å². The number of fused-ring (bicyclic) bond motifs is 1. The third-order valence-electron chi connectivity index (χ3n) is 2.75. The maximum Gasteiger partial charge on any atom is 0.328 e. The van der Waals surface area contributed by atoms with Crippen LogP contribution in [0.1, 0.15) is 30.4 Å². The van der Waals surface area contributed by atoms with Crippen molar-refractivity contribution < 1.29 is 9.53 Å². The average molecular weight is 209 g/mol. The van der Waals surface area contributed by atoms with E-state index in [2.05, 4.69) is 4.98 Å². The van der Waals surface area contributed by atoms with Crippen LogP contribution in [-0.2, 0) is 22.5 Å². The second kappa shape index (κ2) is 4.02. The Hall–Kier alpha value is -1.36. The molecular weight excluding hydrogens is 194 g/mol. The molecule has 0 radical (unpaired) electrons. The lowest BCUT2D eigenvalue weighted by atomic mass is 10.1. The third kappa shape index (κ3) is 1.74. The number of nitrogens with two attached hydrogens (primary N) is 1. The lowest BCUT2D eigenvalue weighted by molar-refractivity contribution is -0.145. The van der Waals surface area contributed by atoms with Gasteiger partial charge >= 0.3 is 5.97 Å². The summed E-state index contributed by atoms with van der Waals surface area (Å²) in [6, 6.07) is -0.216. The highest BCUT2D eigenvalue weighted by molar-refractivity contribution is 5.74. The molecule has 0 amide bonds. The van der Waals surface area contributed by atoms with Gasteiger partial charge in [-0.1, -0.05) is 0 Å². The van der Waals surface area contributed by atoms with Crippen LogP contribution in [0.25, 0.3) is 0 Å². The van der Waals surface area contributed by atoms with E-state index in [-0.39, 0.29) is 12.0 Å². The highest BCUT2D eigenvalue weighted by Gasteiger charge is 2.27. The van der Waals surface area contributed by atoms with Crippen LogP contribution >= 0.6 is 0 Å². The van der Waals surface area contributed by atoms with Crippen LogP contribution in [0.5, 0.6) is 0 Å². The van der Waals surface area contributed by atoms with Gasteiger partial charge in [-0.3, -0.25) is 0 Å². The van der Waals surface area contributed by atoms with Gasteiger partial charge in [0.25, 0.3) is 0 Å². The Labute approximate surface area is 88.2 Å². The minimum absolute atomic E-state index is 0.197. The van der Waals surface area contributed by atoms with Gasteiger partial charge in [0.2, 0.25) is 0 Å². The van der Waals surface area contributed by atoms with Gasteiger partial charge in [0.1, 0.15) is 11.9 Å². The molecule has 2 N–H and O–H groups in total. The van der Waals surface area contributed by atoms with E-state index in [9.17, 15) is 4.79 Å². The maximum absolute atomic E-state index is 11.5. The van der Waals surface area contributed by atoms with Gasteiger partial charge in [0, 0.05) is 19.2 Å². The van der Waals surface area contributed by atoms with Crippen LogP contribution in [0.3, 0.4) is 0 Å². The fourth-order valence-electron chi connectivity index (χ4n) is 2.00. The zero-order chi connectivity index (χ0) is 10.8. The van der Waals surface area contributed by atoms with Gasteiger partial charge in [-0.05, 0) is 12.8 Å². The molecule has 1 atom stereocenters. The molecule has 15 heavy (non-hydrogen) atoms. The summed E-state index contributed by atoms with van der Waals surface area (Å²) >= 11 is 0. The molecule has 0 spiro atoms. The van der Waals surface area contributed by atoms with E-state index >= 15 is 0 Å². The van der Waals surface area contributed by atoms with Gasteiger partial charge in [0.05, 0.1) is 12.8 Å². The molecule has 0 fully saturated rings. The van der Waals surface area contributed by atoms with Crippen LogP contribution in [0, 0.1) is 0 Å². The highest BCUT2D eigenvalue weighted by Crippen LogP contribution is 2.25. The molecule has 1 aliphatic heterocycles. The quantitative estimate of drug-likeness (QED) is 0.715. The van der Waals surface area contributed by atoms with Crippen molar-refractivity contribution in [3.8, 4) is 0 Å². The number of ether oxygens (including phenoxy) is 1. The number of carbonyl (C=O) groups excluding carboxylic acids is 1. The number of aromatic nitrogens is 2. The van der Waals surface area contributed by atoms with Gasteiger partial charge in [-0.25, -0.2) is 9.78 Å². The number of rotatable bonds is 2. The number of imidazole rings is 1. The number of aryl methyl sites for hydroxylation is 1. The molecule has 0 saturated heterocycles. The molecule has 82 valence electrons. The molecule has 0 aliphatic carbocycles. The molecule has 1 aliphatic rings. The maximum atomic E-state index is 11.5. The summed E-state index contributed by atoms with van der Waals surface area (Å²) in [5.41, 5.74) is 6.36. The van der Waals surface area contributed by atoms with Crippen LogP contribution in [0.15, 0.2) is 6.20 Å². The Balaban J connectivity index is 2.33. The number of methoxy groups -OCH3 is 1. The summed E-state index contributed by atoms with van der Waals surface area (Å²) in [6.45, 7) is 0.411. The van der Waals surface area contributed by atoms with Crippen LogP contribution in [-0.4, -0.2) is 22.6 Å². The van der Waals surface area contributed by atoms with E-state index in [1.807, 2.05) is 10.8 Å². The van der Waals surface area contributed by atoms with Crippen molar-refractivity contribution in [3.05, 3.63) is 17.7 Å². The number of esters is 1. The van der Waals surface area contributed by atoms with E-state index in [0.717, 1.165) is 30.8 Å². The highest BCUT2D eigenvalue weighted by atomic mass is 16.5. The zero-order valence-corrected chi connectivity index (χ0v) is 8.77. The Kier molecular flexibility index (Phi) is 2.73. The Morgan fingerprint density at radius 3 is 3.27 bits per heavy atom. The van der Waals surface area contributed by atoms with Crippen molar-refractivity contribution in [1.82, 2.24) is 9.55 Å². The predicted octanol–water partition coefficient (Wildman–Crippen LogP) is 0.392. The molecule has 5 heteroatoms. The number of nitrogens with zero attached hydrogens (tertiary/aromatic N) is 2. The van der Waals surface area contributed by atoms with Gasteiger partial charge in [-0.2, -0.15) is 0 Å². The average Bonchev–Trinajstić information content (AvgIpc) is 2.70. The molecule has 2 heterocycles. The van der Waals surface area contributed by atoms with E-state index in [4.69, 9.17) is 10.5 Å². The molecule has 0 bridgehead atoms. The van der Waals surface area contributed by atoms with Crippen molar-refractivity contribution in [2.24, 2.45) is 5.73 Å². The molecule has 2 rings (SSSR count). The lowest BCUT2D eigenvalue weighted by Crippen LogP contribution is -2.25. The smallest absolute Gasteiger partial charge is 0.328 e. The Morgan fingerprint density at radius 1 is 1.80 bits per heavy atom. The van der Waals surface area contributed by atoms with Gasteiger partial charge < -0.3 is 15.0 Å². The van der Waals surface area contributed by atoms with E-state index in [0.29, 0.717) is 6.54 Å². The molecule has 1 aromatic heterocycles. The fourth-order valence-corrected chi connectivity index (χ4v) is 2.00. The van der Waals surface area contributed by atoms with Crippen LogP contribution in [0.4, 0.5) is 0 Å². The second-order valence-electron chi connectivity index (χ2n) is 3.69. The molecule has 1 unspecified atom stereocenters. The largest absolute Gasteiger partial charge is 0.467 e. The first-order valence-corrected chi connectivity index (χ1v) is 5.10. The first-order valence-electron chi connectivity index (χ1n) is 5.10. The predicted molar refractivity (Wildman–Crippen MR) is 54.1 cm³/mol. The van der Waals surface area contributed by atoms with Crippen molar-refractivity contribution in [1.29, 1.82) is 0 Å². The van der Waals surface area contributed by atoms with Gasteiger partial charge in [-0.15, -0.1) is 0 Å². The minimum atomic E-state index is -0.216. The number of hydrogen-bond donors (Lipinski definition) is 1. The van der Waals surface area contributed by atoms with Crippen LogP contribution in [0.2, 0.25) is 0 Å². The Morgan fingerprint density at radius 2 is 2.60 bits per heavy atom. The number of carbonyl (C=O) groups is 1. The standard InChI is InChI=1S/C10H15N3O2/c1-15-10(14)8-3-2-4-9-12-7(5-11)6-13(8)9/h6,8H,2-5,11H2,1H3. The summed E-state index contributed by atoms with van der Waals surface area (Å²) in [5, 5.41) is 0. The van der Waals surface area contributed by atoms with Crippen molar-refractivity contribution >= 4 is 5.97 Å². The third-order valence-corrected chi connectivity index (χ3v) is 2.75. The monoisotopic (exact) mass is 209 g/mol. The first kappa shape index (κ1) is 10.2. The summed E-state index contributed by atoms with van der Waals surface area (Å²) in [5.74, 6) is 0.744. The summed E-state index contributed by atoms with van der Waals surface area (Å²) in [4.78, 5) is 15.9. The van der Waals surface area contributed by atoms with Crippen LogP contribution < -0.4 is 5.73 Å². The summed E-state index contributed by atoms with van der Waals surface area (Å²) in [7, 11) is 1.41. The van der Waals surface area contributed by atoms with E-state index in [1.54, 1.807) is 0 Å². The fraction of sp³-hybridized carbons (Fsp3) is 0.600. The van der Waals surface area contributed by atoms with E-state index < -0.39 is 0 Å². The lowest BCUT2D eigenvalue weighted by Gasteiger charge is -2.22. The minimum Gasteiger partial charge on any atom is -0.467 e. The molecular formula is C10H15N3O2. The molecule has 0 aromatic carbocycles. The van der Waals surface area contributed by atoms with Crippen molar-refractivity contribution in [3.63, 3.8) is 0 Å². The topological polar surface area (TPSA) is 70.1 Å². The molecule has 1 aromatic rings. The Bertz CT molecular complexity index is 373. The summed E-state index contributed by atoms with van der Waals surface area (Å²) < 4.78 is 6.67. The SMILES string of the molecule is COC(=O)C1CCCc2nc(CN)cn21. The summed E-state index contributed by atoms with van der Waals surface area (Å²) in [6.07, 6.45) is 4.56. The zero-order valence-electron chi connectivity index (χ0n) is 8.77. The number of hydrogen-bond acceptors (Lipinski definition) is 4. The first-order chi connectivity index (χ1) is 7.26. The second-order valence-corrected chi connectivity index (χ2v) is 3.69. The van der Waals surface area contributed by atoms with E-state index in [1.165, 1.54) is 7.11 Å². The molecule has 5 nitrogen and oxygen atoms in total. The van der Waals surface area contributed by atoms with Crippen molar-refractivity contribution in [2.45, 2.75) is 31.8 Å².